The second-order valence-corrected chi connectivity index (χ2v) is 14.9. The highest BCUT2D eigenvalue weighted by molar-refractivity contribution is 7.11. The zero-order chi connectivity index (χ0) is 43.9. The molecular weight excluding hydrogens is 777 g/mol. The van der Waals surface area contributed by atoms with E-state index in [1.54, 1.807) is 54.6 Å². The number of nitrogens with two attached hydrogens (primary N) is 1. The largest absolute Gasteiger partial charge is 0.508 e. The van der Waals surface area contributed by atoms with Crippen LogP contribution in [0.2, 0.25) is 0 Å². The average molecular weight is 837 g/mol. The Hall–Kier alpha value is -6.02. The molecule has 0 aliphatic carbocycles. The number of phenolic OH excluding ortho intramolecular Hbond substituents is 2. The summed E-state index contributed by atoms with van der Waals surface area (Å²) in [4.78, 5) is 38.5. The van der Waals surface area contributed by atoms with Crippen molar-refractivity contribution in [3.05, 3.63) is 112 Å². The van der Waals surface area contributed by atoms with Gasteiger partial charge in [-0.15, -0.1) is 11.3 Å². The number of nitrogens with zero attached hydrogens (tertiary/aromatic N) is 2. The van der Waals surface area contributed by atoms with Gasteiger partial charge < -0.3 is 51.1 Å². The van der Waals surface area contributed by atoms with Gasteiger partial charge in [-0.1, -0.05) is 36.9 Å². The van der Waals surface area contributed by atoms with Gasteiger partial charge in [-0.25, -0.2) is 0 Å². The number of allylic oxidation sites excluding steroid dienone is 1. The molecule has 60 heavy (non-hydrogen) atoms. The molecule has 320 valence electrons. The second kappa shape index (κ2) is 26.2. The number of likely N-dealkylation sites (N-methyl/N-ethyl adjacent to an activating group) is 1. The van der Waals surface area contributed by atoms with Crippen LogP contribution in [0.5, 0.6) is 17.2 Å². The first-order chi connectivity index (χ1) is 29.0. The minimum Gasteiger partial charge on any atom is -0.508 e. The topological polar surface area (TPSA) is 179 Å². The molecule has 1 atom stereocenters. The van der Waals surface area contributed by atoms with Gasteiger partial charge >= 0.3 is 0 Å². The Labute approximate surface area is 358 Å². The van der Waals surface area contributed by atoms with Crippen LogP contribution < -0.4 is 26.4 Å². The number of phenols is 2. The summed E-state index contributed by atoms with van der Waals surface area (Å²) in [5, 5.41) is 33.4. The standard InChI is InChI=1S/C36H43N5O3S.C11H17NO3/c1-38-14-13-26(25-8-10-30(40-3)11-9-25)18-27-21-33(42)29(20-32(27)37)23-44-35-12-7-24(17-34(35)43)16-28(36-6-5-15-45-36)19-31(41-4)22-39-2;1-10(5-3-7-13)12(2)9-11(15)6-4-8-14/h5-12,15-18,20-22,31,38,40-43H,13-14,19,23,37H2,1-4H3;7-8H,1,3-6,9H2,2H3/b26-18+,28-16+,39-22?;. The number of aldehydes is 2. The smallest absolute Gasteiger partial charge is 0.161 e. The summed E-state index contributed by atoms with van der Waals surface area (Å²) in [6, 6.07) is 21.1. The van der Waals surface area contributed by atoms with Crippen LogP contribution in [0.3, 0.4) is 0 Å². The Morgan fingerprint density at radius 1 is 0.950 bits per heavy atom. The first-order valence-corrected chi connectivity index (χ1v) is 20.7. The van der Waals surface area contributed by atoms with Gasteiger partial charge in [-0.3, -0.25) is 9.79 Å². The van der Waals surface area contributed by atoms with Gasteiger partial charge in [-0.2, -0.15) is 0 Å². The fourth-order valence-electron chi connectivity index (χ4n) is 6.04. The molecule has 0 bridgehead atoms. The third-order valence-corrected chi connectivity index (χ3v) is 10.5. The van der Waals surface area contributed by atoms with Gasteiger partial charge in [0.2, 0.25) is 0 Å². The second-order valence-electron chi connectivity index (χ2n) is 14.0. The van der Waals surface area contributed by atoms with E-state index in [0.717, 1.165) is 76.1 Å². The van der Waals surface area contributed by atoms with Crippen molar-refractivity contribution in [2.75, 3.05) is 59.4 Å². The van der Waals surface area contributed by atoms with Crippen LogP contribution in [0.25, 0.3) is 23.3 Å². The average Bonchev–Trinajstić information content (AvgIpc) is 3.80. The predicted octanol–water partition coefficient (Wildman–Crippen LogP) is 7.69. The number of thiophene rings is 1. The maximum atomic E-state index is 11.3. The van der Waals surface area contributed by atoms with E-state index in [9.17, 15) is 24.6 Å². The summed E-state index contributed by atoms with van der Waals surface area (Å²) in [7, 11) is 9.25. The zero-order valence-electron chi connectivity index (χ0n) is 35.4. The summed E-state index contributed by atoms with van der Waals surface area (Å²) in [5.41, 5.74) is 14.2. The van der Waals surface area contributed by atoms with Crippen LogP contribution >= 0.6 is 11.3 Å². The quantitative estimate of drug-likeness (QED) is 0.0134. The van der Waals surface area contributed by atoms with Crippen molar-refractivity contribution in [1.29, 1.82) is 0 Å². The summed E-state index contributed by atoms with van der Waals surface area (Å²) < 4.78 is 5.93. The van der Waals surface area contributed by atoms with E-state index < -0.39 is 0 Å². The zero-order valence-corrected chi connectivity index (χ0v) is 36.2. The van der Waals surface area contributed by atoms with Gasteiger partial charge in [-0.05, 0) is 116 Å². The van der Waals surface area contributed by atoms with Crippen molar-refractivity contribution in [2.24, 2.45) is 4.99 Å². The highest BCUT2D eigenvalue weighted by atomic mass is 32.1. The fourth-order valence-corrected chi connectivity index (χ4v) is 6.79. The maximum Gasteiger partial charge on any atom is 0.161 e. The molecule has 0 spiro atoms. The highest BCUT2D eigenvalue weighted by Crippen LogP contribution is 2.34. The number of aromatic hydroxyl groups is 2. The van der Waals surface area contributed by atoms with Crippen LogP contribution in [-0.4, -0.2) is 94.1 Å². The molecule has 0 radical (unpaired) electrons. The molecule has 7 N–H and O–H groups in total. The Kier molecular flexibility index (Phi) is 21.1. The monoisotopic (exact) mass is 836 g/mol. The van der Waals surface area contributed by atoms with Crippen LogP contribution in [0, 0.1) is 0 Å². The molecule has 0 aliphatic rings. The minimum atomic E-state index is 0.0110. The molecule has 1 heterocycles. The number of benzene rings is 3. The SMILES string of the molecule is C=C(CCC=O)N(C)CC(=O)CCC=O.CN=CC(C/C(=C\c1ccc(OCc2cc(N)c(/C=C(\CCNC)c3ccc(NC)cc3)cc2O)c(O)c1)c1cccs1)NC. The molecule has 0 fully saturated rings. The molecule has 0 aliphatic heterocycles. The molecule has 13 heteroatoms. The van der Waals surface area contributed by atoms with Crippen molar-refractivity contribution in [3.8, 4) is 17.2 Å². The van der Waals surface area contributed by atoms with E-state index in [4.69, 9.17) is 10.5 Å². The van der Waals surface area contributed by atoms with Gasteiger partial charge in [0, 0.05) is 85.7 Å². The number of nitrogens with one attached hydrogen (secondary N) is 3. The minimum absolute atomic E-state index is 0.0110. The molecule has 1 aromatic heterocycles. The highest BCUT2D eigenvalue weighted by Gasteiger charge is 2.14. The number of nitrogen functional groups attached to an aromatic ring is 1. The fraction of sp³-hybridized carbons (Fsp3) is 0.319. The normalized spacial score (nSPS) is 12.0. The number of hydrogen-bond donors (Lipinski definition) is 6. The van der Waals surface area contributed by atoms with Crippen LogP contribution in [0.15, 0.2) is 89.4 Å². The van der Waals surface area contributed by atoms with Crippen molar-refractivity contribution < 1.29 is 29.3 Å². The molecular formula is C47H60N6O6S. The Morgan fingerprint density at radius 2 is 1.68 bits per heavy atom. The maximum absolute atomic E-state index is 11.3. The van der Waals surface area contributed by atoms with E-state index in [1.165, 1.54) is 0 Å². The molecule has 12 nitrogen and oxygen atoms in total. The molecule has 0 saturated heterocycles. The lowest BCUT2D eigenvalue weighted by Crippen LogP contribution is -2.26. The third kappa shape index (κ3) is 16.0. The van der Waals surface area contributed by atoms with E-state index in [0.29, 0.717) is 29.8 Å². The number of aliphatic imine (C=N–C) groups is 1. The van der Waals surface area contributed by atoms with Gasteiger partial charge in [0.05, 0.1) is 6.54 Å². The summed E-state index contributed by atoms with van der Waals surface area (Å²) in [6.45, 7) is 4.87. The van der Waals surface area contributed by atoms with Crippen molar-refractivity contribution >= 4 is 70.6 Å². The Morgan fingerprint density at radius 3 is 2.30 bits per heavy atom. The van der Waals surface area contributed by atoms with Crippen molar-refractivity contribution in [3.63, 3.8) is 0 Å². The Balaban J connectivity index is 0.000000544. The van der Waals surface area contributed by atoms with E-state index in [2.05, 4.69) is 57.2 Å². The number of Topliss-reactive ketones (excluding diaryl/α,β-unsaturated/α-hetero) is 1. The van der Waals surface area contributed by atoms with Gasteiger partial charge in [0.15, 0.2) is 17.3 Å². The van der Waals surface area contributed by atoms with E-state index >= 15 is 0 Å². The molecule has 0 amide bonds. The molecule has 3 aromatic carbocycles. The number of rotatable bonds is 24. The molecule has 0 saturated carbocycles. The lowest BCUT2D eigenvalue weighted by molar-refractivity contribution is -0.121. The van der Waals surface area contributed by atoms with Crippen molar-refractivity contribution in [2.45, 2.75) is 51.2 Å². The van der Waals surface area contributed by atoms with Crippen LogP contribution in [0.1, 0.15) is 65.7 Å². The van der Waals surface area contributed by atoms with Crippen LogP contribution in [-0.2, 0) is 21.0 Å². The number of ketones is 1. The third-order valence-electron chi connectivity index (χ3n) is 9.53. The summed E-state index contributed by atoms with van der Waals surface area (Å²) >= 11 is 1.67. The number of anilines is 2. The molecule has 4 aromatic rings. The predicted molar refractivity (Wildman–Crippen MR) is 249 cm³/mol. The van der Waals surface area contributed by atoms with E-state index in [-0.39, 0.29) is 49.3 Å². The van der Waals surface area contributed by atoms with Gasteiger partial charge in [0.1, 0.15) is 24.9 Å². The van der Waals surface area contributed by atoms with E-state index in [1.807, 2.05) is 57.7 Å². The lowest BCUT2D eigenvalue weighted by Gasteiger charge is -2.20. The van der Waals surface area contributed by atoms with Gasteiger partial charge in [0.25, 0.3) is 0 Å². The van der Waals surface area contributed by atoms with Crippen LogP contribution in [0.4, 0.5) is 11.4 Å². The lowest BCUT2D eigenvalue weighted by atomic mass is 9.98. The summed E-state index contributed by atoms with van der Waals surface area (Å²) in [6.07, 6.45) is 10.6. The molecule has 4 rings (SSSR count). The Bertz CT molecular complexity index is 2080. The summed E-state index contributed by atoms with van der Waals surface area (Å²) in [5.74, 6) is 0.414. The number of ether oxygens (including phenoxy) is 1. The number of carbonyl (C=O) groups is 3. The first-order valence-electron chi connectivity index (χ1n) is 19.8. The molecule has 1 unspecified atom stereocenters. The number of hydrogen-bond acceptors (Lipinski definition) is 13. The van der Waals surface area contributed by atoms with Crippen molar-refractivity contribution in [1.82, 2.24) is 15.5 Å². The number of carbonyl (C=O) groups excluding carboxylic acids is 3. The first kappa shape index (κ1) is 48.3.